The van der Waals surface area contributed by atoms with Crippen LogP contribution in [0.1, 0.15) is 13.3 Å². The van der Waals surface area contributed by atoms with E-state index in [-0.39, 0.29) is 22.7 Å². The molecule has 10 heteroatoms. The van der Waals surface area contributed by atoms with Gasteiger partial charge in [-0.2, -0.15) is 9.40 Å². The number of hydrogen-bond acceptors (Lipinski definition) is 5. The van der Waals surface area contributed by atoms with Crippen molar-refractivity contribution < 1.29 is 13.2 Å². The van der Waals surface area contributed by atoms with Gasteiger partial charge < -0.3 is 10.5 Å². The van der Waals surface area contributed by atoms with Crippen LogP contribution in [0.4, 0.5) is 0 Å². The van der Waals surface area contributed by atoms with E-state index in [0.29, 0.717) is 36.1 Å². The zero-order valence-corrected chi connectivity index (χ0v) is 16.9. The summed E-state index contributed by atoms with van der Waals surface area (Å²) in [7, 11) is -2.08. The zero-order chi connectivity index (χ0) is 18.2. The van der Waals surface area contributed by atoms with Crippen molar-refractivity contribution in [2.24, 2.45) is 11.1 Å². The molecule has 3 rings (SSSR count). The van der Waals surface area contributed by atoms with Gasteiger partial charge in [0.2, 0.25) is 10.0 Å². The summed E-state index contributed by atoms with van der Waals surface area (Å²) in [6.07, 6.45) is 3.56. The van der Waals surface area contributed by atoms with Gasteiger partial charge in [-0.25, -0.2) is 13.1 Å². The average molecular weight is 421 g/mol. The van der Waals surface area contributed by atoms with Gasteiger partial charge in [-0.15, -0.1) is 12.4 Å². The highest BCUT2D eigenvalue weighted by atomic mass is 35.5. The Morgan fingerprint density at radius 3 is 2.77 bits per heavy atom. The van der Waals surface area contributed by atoms with Crippen molar-refractivity contribution in [2.75, 3.05) is 26.7 Å². The van der Waals surface area contributed by atoms with Gasteiger partial charge in [-0.05, 0) is 36.6 Å². The Bertz CT molecular complexity index is 887. The molecule has 1 atom stereocenters. The van der Waals surface area contributed by atoms with Crippen LogP contribution in [0.15, 0.2) is 35.5 Å². The van der Waals surface area contributed by atoms with Crippen LogP contribution < -0.4 is 10.5 Å². The molecule has 2 N–H and O–H groups in total. The zero-order valence-electron chi connectivity index (χ0n) is 14.6. The maximum Gasteiger partial charge on any atom is 0.246 e. The van der Waals surface area contributed by atoms with Crippen molar-refractivity contribution in [2.45, 2.75) is 18.2 Å². The standard InChI is InChI=1S/C16H21ClN4O3S.ClH/c1-16(10-18)5-6-20(11-16)25(22,23)13-8-19-21(9-13)14-7-12(17)3-4-15(14)24-2;/h3-4,7-9H,5-6,10-11,18H2,1-2H3;1H. The summed E-state index contributed by atoms with van der Waals surface area (Å²) in [6.45, 7) is 3.33. The van der Waals surface area contributed by atoms with E-state index in [1.165, 1.54) is 28.5 Å². The van der Waals surface area contributed by atoms with Crippen molar-refractivity contribution in [1.29, 1.82) is 0 Å². The number of aromatic nitrogens is 2. The van der Waals surface area contributed by atoms with Crippen molar-refractivity contribution in [1.82, 2.24) is 14.1 Å². The molecule has 0 saturated carbocycles. The topological polar surface area (TPSA) is 90.5 Å². The molecule has 1 aliphatic rings. The fraction of sp³-hybridized carbons (Fsp3) is 0.438. The van der Waals surface area contributed by atoms with Gasteiger partial charge in [0.05, 0.1) is 19.5 Å². The Hall–Kier alpha value is -1.32. The van der Waals surface area contributed by atoms with Crippen LogP contribution in [-0.2, 0) is 10.0 Å². The normalized spacial score (nSPS) is 20.8. The Balaban J connectivity index is 0.00000243. The molecular formula is C16H22Cl2N4O3S. The Kier molecular flexibility index (Phi) is 6.24. The SMILES string of the molecule is COc1ccc(Cl)cc1-n1cc(S(=O)(=O)N2CCC(C)(CN)C2)cn1.Cl. The van der Waals surface area contributed by atoms with Crippen LogP contribution in [0.5, 0.6) is 5.75 Å². The second-order valence-corrected chi connectivity index (χ2v) is 8.91. The Labute approximate surface area is 164 Å². The molecule has 0 radical (unpaired) electrons. The molecule has 26 heavy (non-hydrogen) atoms. The molecular weight excluding hydrogens is 399 g/mol. The lowest BCUT2D eigenvalue weighted by Gasteiger charge is -2.21. The molecule has 1 aromatic carbocycles. The lowest BCUT2D eigenvalue weighted by molar-refractivity contribution is 0.349. The third-order valence-electron chi connectivity index (χ3n) is 4.60. The summed E-state index contributed by atoms with van der Waals surface area (Å²) in [4.78, 5) is 0.135. The minimum Gasteiger partial charge on any atom is -0.494 e. The van der Waals surface area contributed by atoms with E-state index in [4.69, 9.17) is 22.1 Å². The number of sulfonamides is 1. The highest BCUT2D eigenvalue weighted by Crippen LogP contribution is 2.33. The van der Waals surface area contributed by atoms with Gasteiger partial charge in [0.25, 0.3) is 0 Å². The van der Waals surface area contributed by atoms with Gasteiger partial charge in [-0.1, -0.05) is 18.5 Å². The van der Waals surface area contributed by atoms with E-state index in [1.807, 2.05) is 6.92 Å². The van der Waals surface area contributed by atoms with E-state index in [9.17, 15) is 8.42 Å². The molecule has 1 aliphatic heterocycles. The molecule has 144 valence electrons. The van der Waals surface area contributed by atoms with Gasteiger partial charge >= 0.3 is 0 Å². The fourth-order valence-electron chi connectivity index (χ4n) is 2.91. The number of ether oxygens (including phenoxy) is 1. The molecule has 1 fully saturated rings. The first-order valence-electron chi connectivity index (χ1n) is 7.88. The lowest BCUT2D eigenvalue weighted by Crippen LogP contribution is -2.34. The molecule has 0 amide bonds. The summed E-state index contributed by atoms with van der Waals surface area (Å²) >= 11 is 6.04. The van der Waals surface area contributed by atoms with Crippen molar-refractivity contribution in [3.8, 4) is 11.4 Å². The molecule has 7 nitrogen and oxygen atoms in total. The highest BCUT2D eigenvalue weighted by Gasteiger charge is 2.39. The van der Waals surface area contributed by atoms with Gasteiger partial charge in [0, 0.05) is 18.1 Å². The largest absolute Gasteiger partial charge is 0.494 e. The van der Waals surface area contributed by atoms with Gasteiger partial charge in [0.1, 0.15) is 16.3 Å². The number of halogens is 2. The molecule has 1 saturated heterocycles. The maximum atomic E-state index is 12.9. The minimum atomic E-state index is -3.62. The van der Waals surface area contributed by atoms with E-state index in [1.54, 1.807) is 18.2 Å². The van der Waals surface area contributed by atoms with Gasteiger partial charge in [0.15, 0.2) is 0 Å². The summed E-state index contributed by atoms with van der Waals surface area (Å²) in [5.41, 5.74) is 6.17. The molecule has 2 heterocycles. The number of nitrogens with zero attached hydrogens (tertiary/aromatic N) is 3. The molecule has 0 spiro atoms. The van der Waals surface area contributed by atoms with E-state index in [0.717, 1.165) is 6.42 Å². The number of rotatable bonds is 5. The van der Waals surface area contributed by atoms with Crippen LogP contribution in [0.2, 0.25) is 5.02 Å². The van der Waals surface area contributed by atoms with E-state index >= 15 is 0 Å². The summed E-state index contributed by atoms with van der Waals surface area (Å²) in [5.74, 6) is 0.549. The predicted molar refractivity (Wildman–Crippen MR) is 103 cm³/mol. The third kappa shape index (κ3) is 3.84. The van der Waals surface area contributed by atoms with E-state index < -0.39 is 10.0 Å². The highest BCUT2D eigenvalue weighted by molar-refractivity contribution is 7.89. The first-order chi connectivity index (χ1) is 11.8. The molecule has 1 aromatic heterocycles. The average Bonchev–Trinajstić information content (AvgIpc) is 3.23. The molecule has 0 aliphatic carbocycles. The predicted octanol–water partition coefficient (Wildman–Crippen LogP) is 2.32. The second kappa shape index (κ2) is 7.74. The quantitative estimate of drug-likeness (QED) is 0.800. The summed E-state index contributed by atoms with van der Waals surface area (Å²) < 4.78 is 34.0. The van der Waals surface area contributed by atoms with Crippen LogP contribution in [-0.4, -0.2) is 49.2 Å². The second-order valence-electron chi connectivity index (χ2n) is 6.54. The van der Waals surface area contributed by atoms with Crippen LogP contribution >= 0.6 is 24.0 Å². The number of benzene rings is 1. The van der Waals surface area contributed by atoms with Crippen LogP contribution in [0, 0.1) is 5.41 Å². The minimum absolute atomic E-state index is 0. The molecule has 0 bridgehead atoms. The van der Waals surface area contributed by atoms with E-state index in [2.05, 4.69) is 5.10 Å². The number of methoxy groups -OCH3 is 1. The van der Waals surface area contributed by atoms with Crippen LogP contribution in [0.25, 0.3) is 5.69 Å². The smallest absolute Gasteiger partial charge is 0.246 e. The Morgan fingerprint density at radius 2 is 2.15 bits per heavy atom. The maximum absolute atomic E-state index is 12.9. The van der Waals surface area contributed by atoms with Crippen molar-refractivity contribution >= 4 is 34.0 Å². The van der Waals surface area contributed by atoms with Gasteiger partial charge in [-0.3, -0.25) is 0 Å². The summed E-state index contributed by atoms with van der Waals surface area (Å²) in [5, 5.41) is 4.69. The fourth-order valence-corrected chi connectivity index (χ4v) is 4.60. The number of nitrogens with two attached hydrogens (primary N) is 1. The first kappa shape index (κ1) is 21.0. The lowest BCUT2D eigenvalue weighted by atomic mass is 9.90. The van der Waals surface area contributed by atoms with Crippen molar-refractivity contribution in [3.05, 3.63) is 35.6 Å². The monoisotopic (exact) mass is 420 g/mol. The summed E-state index contributed by atoms with van der Waals surface area (Å²) in [6, 6.07) is 5.08. The van der Waals surface area contributed by atoms with Crippen LogP contribution in [0.3, 0.4) is 0 Å². The molecule has 2 aromatic rings. The van der Waals surface area contributed by atoms with Crippen molar-refractivity contribution in [3.63, 3.8) is 0 Å². The first-order valence-corrected chi connectivity index (χ1v) is 9.70. The molecule has 1 unspecified atom stereocenters. The Morgan fingerprint density at radius 1 is 1.42 bits per heavy atom. The number of hydrogen-bond donors (Lipinski definition) is 1. The third-order valence-corrected chi connectivity index (χ3v) is 6.63.